The maximum absolute atomic E-state index is 13.8. The molecule has 5 heterocycles. The van der Waals surface area contributed by atoms with Crippen molar-refractivity contribution in [3.63, 3.8) is 0 Å². The molecule has 21 heteroatoms. The smallest absolute Gasteiger partial charge is 0.427 e. The first kappa shape index (κ1) is 25.6. The molecule has 206 valence electrons. The summed E-state index contributed by atoms with van der Waals surface area (Å²) in [5, 5.41) is 43.0. The number of aliphatic hydroxyl groups is 3. The molecule has 1 spiro atoms. The van der Waals surface area contributed by atoms with Crippen LogP contribution in [0.4, 0.5) is 4.79 Å². The van der Waals surface area contributed by atoms with Gasteiger partial charge in [-0.2, -0.15) is 8.42 Å². The Hall–Kier alpha value is -3.05. The molecule has 5 aliphatic rings. The number of nitrogens with zero attached hydrogens (tertiary/aromatic N) is 5. The zero-order valence-electron chi connectivity index (χ0n) is 18.7. The minimum absolute atomic E-state index is 0.284. The molecule has 0 aromatic heterocycles. The van der Waals surface area contributed by atoms with Crippen LogP contribution in [0.2, 0.25) is 0 Å². The topological polar surface area (TPSA) is 296 Å². The summed E-state index contributed by atoms with van der Waals surface area (Å²) in [6, 6.07) is -4.17. The van der Waals surface area contributed by atoms with E-state index in [2.05, 4.69) is 14.2 Å². The Kier molecular flexibility index (Phi) is 5.52. The predicted octanol–water partition coefficient (Wildman–Crippen LogP) is -5.84. The first-order valence-electron chi connectivity index (χ1n) is 10.7. The molecule has 2 amide bonds. The van der Waals surface area contributed by atoms with Crippen LogP contribution >= 0.6 is 0 Å². The molecule has 0 aromatic carbocycles. The number of carbonyl (C=O) groups excluding carboxylic acids is 2. The molecule has 0 aliphatic carbocycles. The second kappa shape index (κ2) is 7.97. The van der Waals surface area contributed by atoms with E-state index in [4.69, 9.17) is 30.8 Å². The fourth-order valence-corrected chi connectivity index (χ4v) is 6.10. The standard InChI is InChI=1S/C16H24N8O12S/c17-11-19-8-9-15(20-12(18)22(9)5-34-13(27)21-30)16(29)14(28,4-23(11)15)1-7(24(36-16)10(8)26)6(2-25)3-35-37(31,32)33/h6-9,25,28-30H,1-5H2,(H2,17,19)(H2,18,20)(H,21,27)(H,31,32,33)/t6-,7?,8-,9+,14-,15+,16+/m1/s1. The second-order valence-corrected chi connectivity index (χ2v) is 10.3. The Balaban J connectivity index is 1.62. The molecular formula is C16H24N8O12S. The zero-order valence-corrected chi connectivity index (χ0v) is 19.6. The molecule has 5 rings (SSSR count). The molecule has 4 bridgehead atoms. The van der Waals surface area contributed by atoms with Gasteiger partial charge in [-0.3, -0.25) is 19.5 Å². The number of fused-ring (bicyclic) bond motifs is 1. The van der Waals surface area contributed by atoms with Crippen molar-refractivity contribution in [1.29, 1.82) is 0 Å². The third-order valence-corrected chi connectivity index (χ3v) is 7.75. The van der Waals surface area contributed by atoms with Gasteiger partial charge in [0.15, 0.2) is 24.7 Å². The van der Waals surface area contributed by atoms with Crippen molar-refractivity contribution < 1.29 is 56.8 Å². The first-order valence-corrected chi connectivity index (χ1v) is 12.1. The fourth-order valence-electron chi connectivity index (χ4n) is 5.75. The summed E-state index contributed by atoms with van der Waals surface area (Å²) in [6.07, 6.45) is -1.76. The number of aliphatic imine (C=N–C) groups is 2. The van der Waals surface area contributed by atoms with Crippen LogP contribution in [0.5, 0.6) is 0 Å². The van der Waals surface area contributed by atoms with Crippen molar-refractivity contribution in [2.45, 2.75) is 41.6 Å². The van der Waals surface area contributed by atoms with E-state index in [0.29, 0.717) is 5.06 Å². The molecule has 0 saturated carbocycles. The van der Waals surface area contributed by atoms with E-state index in [1.807, 2.05) is 0 Å². The van der Waals surface area contributed by atoms with Crippen molar-refractivity contribution in [3.05, 3.63) is 0 Å². The van der Waals surface area contributed by atoms with E-state index in [0.717, 1.165) is 4.90 Å². The number of hydroxylamine groups is 3. The van der Waals surface area contributed by atoms with Gasteiger partial charge in [0.2, 0.25) is 5.66 Å². The van der Waals surface area contributed by atoms with Crippen LogP contribution in [0, 0.1) is 5.92 Å². The van der Waals surface area contributed by atoms with Gasteiger partial charge in [-0.25, -0.2) is 34.3 Å². The zero-order chi connectivity index (χ0) is 27.1. The van der Waals surface area contributed by atoms with Gasteiger partial charge in [-0.05, 0) is 0 Å². The highest BCUT2D eigenvalue weighted by Gasteiger charge is 2.85. The Morgan fingerprint density at radius 3 is 2.65 bits per heavy atom. The van der Waals surface area contributed by atoms with E-state index in [1.54, 1.807) is 0 Å². The third kappa shape index (κ3) is 3.29. The van der Waals surface area contributed by atoms with Gasteiger partial charge in [0, 0.05) is 12.3 Å². The number of aliphatic hydroxyl groups excluding tert-OH is 1. The van der Waals surface area contributed by atoms with E-state index in [1.165, 1.54) is 10.4 Å². The molecule has 3 fully saturated rings. The number of guanidine groups is 2. The quantitative estimate of drug-likeness (QED) is 0.0828. The summed E-state index contributed by atoms with van der Waals surface area (Å²) in [5.41, 5.74) is 9.09. The van der Waals surface area contributed by atoms with Crippen LogP contribution in [0.25, 0.3) is 0 Å². The molecule has 5 aliphatic heterocycles. The highest BCUT2D eigenvalue weighted by atomic mass is 32.3. The molecule has 37 heavy (non-hydrogen) atoms. The maximum Gasteiger partial charge on any atom is 0.432 e. The van der Waals surface area contributed by atoms with Crippen molar-refractivity contribution in [2.24, 2.45) is 27.4 Å². The summed E-state index contributed by atoms with van der Waals surface area (Å²) < 4.78 is 40.4. The Morgan fingerprint density at radius 1 is 1.32 bits per heavy atom. The number of hydrogen-bond acceptors (Lipinski definition) is 17. The number of nitrogens with two attached hydrogens (primary N) is 2. The van der Waals surface area contributed by atoms with Gasteiger partial charge in [0.25, 0.3) is 11.7 Å². The van der Waals surface area contributed by atoms with Crippen LogP contribution in [-0.2, 0) is 29.0 Å². The lowest BCUT2D eigenvalue weighted by atomic mass is 9.77. The van der Waals surface area contributed by atoms with Crippen molar-refractivity contribution in [2.75, 3.05) is 26.5 Å². The van der Waals surface area contributed by atoms with Gasteiger partial charge >= 0.3 is 16.5 Å². The van der Waals surface area contributed by atoms with E-state index in [-0.39, 0.29) is 11.9 Å². The number of nitrogens with one attached hydrogen (secondary N) is 1. The fraction of sp³-hybridized carbons (Fsp3) is 0.750. The van der Waals surface area contributed by atoms with E-state index in [9.17, 15) is 33.3 Å². The second-order valence-electron chi connectivity index (χ2n) is 9.16. The molecule has 7 atom stereocenters. The maximum atomic E-state index is 13.8. The van der Waals surface area contributed by atoms with E-state index < -0.39 is 96.4 Å². The molecule has 10 N–H and O–H groups in total. The summed E-state index contributed by atoms with van der Waals surface area (Å²) in [7, 11) is -4.92. The van der Waals surface area contributed by atoms with Crippen LogP contribution in [0.15, 0.2) is 9.98 Å². The molecule has 1 unspecified atom stereocenters. The minimum atomic E-state index is -4.92. The van der Waals surface area contributed by atoms with Crippen LogP contribution in [0.1, 0.15) is 6.42 Å². The normalized spacial score (nSPS) is 38.7. The summed E-state index contributed by atoms with van der Waals surface area (Å²) >= 11 is 0. The van der Waals surface area contributed by atoms with Crippen molar-refractivity contribution in [1.82, 2.24) is 20.3 Å². The third-order valence-electron chi connectivity index (χ3n) is 7.32. The molecule has 0 aromatic rings. The average Bonchev–Trinajstić information content (AvgIpc) is 3.21. The van der Waals surface area contributed by atoms with E-state index >= 15 is 0 Å². The highest BCUT2D eigenvalue weighted by Crippen LogP contribution is 2.60. The van der Waals surface area contributed by atoms with Crippen molar-refractivity contribution >= 4 is 34.3 Å². The summed E-state index contributed by atoms with van der Waals surface area (Å²) in [4.78, 5) is 41.8. The van der Waals surface area contributed by atoms with Gasteiger partial charge in [-0.1, -0.05) is 0 Å². The Labute approximate surface area is 207 Å². The largest absolute Gasteiger partial charge is 0.432 e. The Morgan fingerprint density at radius 2 is 2.03 bits per heavy atom. The first-order chi connectivity index (χ1) is 17.2. The van der Waals surface area contributed by atoms with Gasteiger partial charge in [0.1, 0.15) is 11.6 Å². The van der Waals surface area contributed by atoms with Crippen LogP contribution < -0.4 is 16.9 Å². The SMILES string of the molecule is NC1=N[C@@]23[C@H]([C@H]4N=C(N)N2C[C@]2(O)CC([C@H](CO)COS(=O)(=O)O)N(O[C@@]23O)C4=O)N1COC(=O)NO. The Bertz CT molecular complexity index is 1200. The van der Waals surface area contributed by atoms with Gasteiger partial charge in [0.05, 0.1) is 25.8 Å². The lowest BCUT2D eigenvalue weighted by Crippen LogP contribution is -2.75. The molecule has 20 nitrogen and oxygen atoms in total. The lowest BCUT2D eigenvalue weighted by Gasteiger charge is -2.52. The number of rotatable bonds is 7. The van der Waals surface area contributed by atoms with Crippen LogP contribution in [0.3, 0.4) is 0 Å². The number of ether oxygens (including phenoxy) is 1. The molecule has 0 radical (unpaired) electrons. The monoisotopic (exact) mass is 552 g/mol. The lowest BCUT2D eigenvalue weighted by molar-refractivity contribution is -0.418. The predicted molar refractivity (Wildman–Crippen MR) is 113 cm³/mol. The van der Waals surface area contributed by atoms with Crippen molar-refractivity contribution in [3.8, 4) is 0 Å². The molecular weight excluding hydrogens is 528 g/mol. The number of hydrogen-bond donors (Lipinski definition) is 8. The number of amides is 2. The van der Waals surface area contributed by atoms with Gasteiger partial charge in [-0.15, -0.1) is 0 Å². The minimum Gasteiger partial charge on any atom is -0.427 e. The van der Waals surface area contributed by atoms with Crippen LogP contribution in [-0.4, -0.2) is 134 Å². The average molecular weight is 552 g/mol. The highest BCUT2D eigenvalue weighted by molar-refractivity contribution is 7.80. The number of carbonyl (C=O) groups is 2. The molecule has 3 saturated heterocycles. The summed E-state index contributed by atoms with van der Waals surface area (Å²) in [6.45, 7) is -2.73. The summed E-state index contributed by atoms with van der Waals surface area (Å²) in [5.74, 6) is -5.52. The van der Waals surface area contributed by atoms with Gasteiger partial charge < -0.3 is 36.4 Å².